The second kappa shape index (κ2) is 12.5. The van der Waals surface area contributed by atoms with Crippen LogP contribution >= 0.6 is 23.2 Å². The number of esters is 2. The van der Waals surface area contributed by atoms with E-state index >= 15 is 0 Å². The first-order chi connectivity index (χ1) is 18.4. The average molecular weight is 577 g/mol. The van der Waals surface area contributed by atoms with E-state index < -0.39 is 30.1 Å². The topological polar surface area (TPSA) is 127 Å². The molecule has 208 valence electrons. The molecule has 0 spiro atoms. The fourth-order valence-electron chi connectivity index (χ4n) is 3.92. The normalized spacial score (nSPS) is 11.3. The molecule has 9 nitrogen and oxygen atoms in total. The van der Waals surface area contributed by atoms with E-state index in [-0.39, 0.29) is 63.3 Å². The molecule has 3 aromatic rings. The summed E-state index contributed by atoms with van der Waals surface area (Å²) in [4.78, 5) is 51.6. The van der Waals surface area contributed by atoms with E-state index in [2.05, 4.69) is 0 Å². The summed E-state index contributed by atoms with van der Waals surface area (Å²) < 4.78 is 17.1. The maximum atomic E-state index is 13.3. The van der Waals surface area contributed by atoms with Gasteiger partial charge in [-0.1, -0.05) is 53.5 Å². The molecule has 1 heterocycles. The lowest BCUT2D eigenvalue weighted by molar-refractivity contribution is -0.142. The molecule has 0 atom stereocenters. The van der Waals surface area contributed by atoms with Crippen LogP contribution in [0, 0.1) is 0 Å². The summed E-state index contributed by atoms with van der Waals surface area (Å²) in [5.74, 6) is -1.65. The molecule has 1 aromatic heterocycles. The van der Waals surface area contributed by atoms with Gasteiger partial charge < -0.3 is 19.9 Å². The van der Waals surface area contributed by atoms with E-state index in [1.54, 1.807) is 52.0 Å². The summed E-state index contributed by atoms with van der Waals surface area (Å²) in [6.07, 6.45) is -0.850. The second-order valence-electron chi connectivity index (χ2n) is 9.63. The Morgan fingerprint density at radius 3 is 2.31 bits per heavy atom. The summed E-state index contributed by atoms with van der Waals surface area (Å²) >= 11 is 12.8. The number of anilines is 1. The number of ketones is 1. The van der Waals surface area contributed by atoms with Crippen molar-refractivity contribution >= 4 is 63.6 Å². The highest BCUT2D eigenvalue weighted by atomic mass is 35.5. The van der Waals surface area contributed by atoms with Crippen molar-refractivity contribution in [2.45, 2.75) is 52.6 Å². The minimum Gasteiger partial charge on any atom is -0.465 e. The molecule has 0 amide bonds. The summed E-state index contributed by atoms with van der Waals surface area (Å²) in [6.45, 7) is 6.58. The Morgan fingerprint density at radius 1 is 1.03 bits per heavy atom. The number of benzene rings is 2. The SMILES string of the molecule is CCOC(=O)c1c(CC(=O)OCCCC(=O)c2ccccc2)c2c(Cl)c(N)c(Cl)cc2n1C(=O)OC(C)(C)C. The molecule has 0 aliphatic rings. The lowest BCUT2D eigenvalue weighted by atomic mass is 10.1. The highest BCUT2D eigenvalue weighted by molar-refractivity contribution is 6.43. The molecule has 3 rings (SSSR count). The first kappa shape index (κ1) is 30.0. The van der Waals surface area contributed by atoms with E-state index in [0.29, 0.717) is 12.0 Å². The zero-order valence-electron chi connectivity index (χ0n) is 22.1. The molecule has 0 aliphatic heterocycles. The van der Waals surface area contributed by atoms with Crippen LogP contribution in [0.15, 0.2) is 36.4 Å². The third-order valence-electron chi connectivity index (χ3n) is 5.56. The summed E-state index contributed by atoms with van der Waals surface area (Å²) in [5.41, 5.74) is 5.66. The van der Waals surface area contributed by atoms with Crippen molar-refractivity contribution in [2.75, 3.05) is 18.9 Å². The van der Waals surface area contributed by atoms with Crippen LogP contribution in [0.25, 0.3) is 10.9 Å². The zero-order valence-corrected chi connectivity index (χ0v) is 23.6. The Bertz CT molecular complexity index is 1410. The third-order valence-corrected chi connectivity index (χ3v) is 6.26. The number of Topliss-reactive ketones (excluding diaryl/α,β-unsaturated/α-hetero) is 1. The van der Waals surface area contributed by atoms with Crippen molar-refractivity contribution in [3.8, 4) is 0 Å². The molecule has 0 aliphatic carbocycles. The fraction of sp³-hybridized carbons (Fsp3) is 0.357. The van der Waals surface area contributed by atoms with E-state index in [1.165, 1.54) is 6.07 Å². The Morgan fingerprint density at radius 2 is 1.69 bits per heavy atom. The lowest BCUT2D eigenvalue weighted by Crippen LogP contribution is -2.29. The Kier molecular flexibility index (Phi) is 9.63. The Balaban J connectivity index is 1.95. The first-order valence-corrected chi connectivity index (χ1v) is 13.1. The predicted octanol–water partition coefficient (Wildman–Crippen LogP) is 6.24. The van der Waals surface area contributed by atoms with Crippen molar-refractivity contribution in [3.63, 3.8) is 0 Å². The molecule has 39 heavy (non-hydrogen) atoms. The van der Waals surface area contributed by atoms with Gasteiger partial charge >= 0.3 is 18.0 Å². The monoisotopic (exact) mass is 576 g/mol. The van der Waals surface area contributed by atoms with Crippen LogP contribution in [-0.4, -0.2) is 47.2 Å². The maximum absolute atomic E-state index is 13.3. The van der Waals surface area contributed by atoms with Crippen LogP contribution in [0.3, 0.4) is 0 Å². The van der Waals surface area contributed by atoms with Gasteiger partial charge in [0.15, 0.2) is 5.78 Å². The number of nitrogen functional groups attached to an aromatic ring is 1. The van der Waals surface area contributed by atoms with Crippen molar-refractivity contribution in [1.82, 2.24) is 4.57 Å². The number of aromatic nitrogens is 1. The Hall–Kier alpha value is -3.56. The van der Waals surface area contributed by atoms with Gasteiger partial charge in [-0.25, -0.2) is 14.2 Å². The van der Waals surface area contributed by atoms with Crippen LogP contribution in [-0.2, 0) is 25.4 Å². The van der Waals surface area contributed by atoms with Crippen LogP contribution in [0.1, 0.15) is 66.9 Å². The molecular weight excluding hydrogens is 547 g/mol. The number of nitrogens with two attached hydrogens (primary N) is 1. The molecule has 0 saturated heterocycles. The van der Waals surface area contributed by atoms with Gasteiger partial charge in [-0.05, 0) is 40.2 Å². The van der Waals surface area contributed by atoms with Crippen LogP contribution < -0.4 is 5.73 Å². The van der Waals surface area contributed by atoms with Crippen LogP contribution in [0.5, 0.6) is 0 Å². The maximum Gasteiger partial charge on any atom is 0.419 e. The number of rotatable bonds is 9. The van der Waals surface area contributed by atoms with E-state index in [9.17, 15) is 19.2 Å². The van der Waals surface area contributed by atoms with Crippen LogP contribution in [0.2, 0.25) is 10.0 Å². The minimum absolute atomic E-state index is 0.00460. The molecule has 0 saturated carbocycles. The molecule has 2 aromatic carbocycles. The fourth-order valence-corrected chi connectivity index (χ4v) is 4.48. The van der Waals surface area contributed by atoms with E-state index in [1.807, 2.05) is 6.07 Å². The lowest BCUT2D eigenvalue weighted by Gasteiger charge is -2.21. The first-order valence-electron chi connectivity index (χ1n) is 12.3. The quantitative estimate of drug-likeness (QED) is 0.104. The number of hydrogen-bond donors (Lipinski definition) is 1. The van der Waals surface area contributed by atoms with Gasteiger partial charge in [-0.15, -0.1) is 0 Å². The second-order valence-corrected chi connectivity index (χ2v) is 10.4. The van der Waals surface area contributed by atoms with Gasteiger partial charge in [0.05, 0.1) is 40.9 Å². The van der Waals surface area contributed by atoms with Crippen LogP contribution in [0.4, 0.5) is 10.5 Å². The average Bonchev–Trinajstić information content (AvgIpc) is 3.18. The van der Waals surface area contributed by atoms with Crippen molar-refractivity contribution in [3.05, 3.63) is 63.3 Å². The predicted molar refractivity (Wildman–Crippen MR) is 149 cm³/mol. The Labute approximate surface area is 236 Å². The smallest absolute Gasteiger partial charge is 0.419 e. The highest BCUT2D eigenvalue weighted by Gasteiger charge is 2.33. The number of carbonyl (C=O) groups excluding carboxylic acids is 4. The number of carbonyl (C=O) groups is 4. The van der Waals surface area contributed by atoms with E-state index in [0.717, 1.165) is 4.57 Å². The standard InChI is InChI=1S/C28H30Cl2N2O7/c1-5-37-26(35)25-17(14-21(34)38-13-9-12-20(33)16-10-7-6-8-11-16)22-19(15-18(29)24(31)23(22)30)32(25)27(36)39-28(2,3)4/h6-8,10-11,15H,5,9,12-14,31H2,1-4H3. The molecule has 2 N–H and O–H groups in total. The minimum atomic E-state index is -0.905. The molecule has 0 fully saturated rings. The van der Waals surface area contributed by atoms with E-state index in [4.69, 9.17) is 43.1 Å². The molecular formula is C28H30Cl2N2O7. The van der Waals surface area contributed by atoms with Crippen molar-refractivity contribution in [1.29, 1.82) is 0 Å². The number of nitrogens with zero attached hydrogens (tertiary/aromatic N) is 1. The largest absolute Gasteiger partial charge is 0.465 e. The molecule has 0 bridgehead atoms. The van der Waals surface area contributed by atoms with Crippen molar-refractivity contribution < 1.29 is 33.4 Å². The van der Waals surface area contributed by atoms with Gasteiger partial charge in [-0.2, -0.15) is 0 Å². The van der Waals surface area contributed by atoms with Crippen molar-refractivity contribution in [2.24, 2.45) is 0 Å². The summed E-state index contributed by atoms with van der Waals surface area (Å²) in [6, 6.07) is 10.2. The summed E-state index contributed by atoms with van der Waals surface area (Å²) in [5, 5.41) is 0.174. The zero-order chi connectivity index (χ0) is 28.9. The molecule has 0 radical (unpaired) electrons. The van der Waals surface area contributed by atoms with Gasteiger partial charge in [0.2, 0.25) is 0 Å². The number of halogens is 2. The van der Waals surface area contributed by atoms with Gasteiger partial charge in [0.1, 0.15) is 11.3 Å². The number of fused-ring (bicyclic) bond motifs is 1. The van der Waals surface area contributed by atoms with Gasteiger partial charge in [0.25, 0.3) is 0 Å². The highest BCUT2D eigenvalue weighted by Crippen LogP contribution is 2.40. The van der Waals surface area contributed by atoms with Gasteiger partial charge in [-0.3, -0.25) is 9.59 Å². The number of hydrogen-bond acceptors (Lipinski definition) is 8. The molecule has 11 heteroatoms. The van der Waals surface area contributed by atoms with Gasteiger partial charge in [0, 0.05) is 22.9 Å². The third kappa shape index (κ3) is 7.10. The summed E-state index contributed by atoms with van der Waals surface area (Å²) in [7, 11) is 0. The number of ether oxygens (including phenoxy) is 3. The molecule has 0 unspecified atom stereocenters.